The normalized spacial score (nSPS) is 20.3. The van der Waals surface area contributed by atoms with Crippen LogP contribution < -0.4 is 10.5 Å². The third-order valence-electron chi connectivity index (χ3n) is 4.34. The minimum absolute atomic E-state index is 0.324. The fourth-order valence-electron chi connectivity index (χ4n) is 2.18. The molecule has 2 rings (SSSR count). The Kier molecular flexibility index (Phi) is 4.92. The number of ether oxygens (including phenoxy) is 1. The Labute approximate surface area is 137 Å². The summed E-state index contributed by atoms with van der Waals surface area (Å²) in [4.78, 5) is 0. The van der Waals surface area contributed by atoms with E-state index < -0.39 is 18.3 Å². The average molecular weight is 324 g/mol. The Bertz CT molecular complexity index is 571. The van der Waals surface area contributed by atoms with Crippen LogP contribution in [0, 0.1) is 0 Å². The van der Waals surface area contributed by atoms with Crippen LogP contribution in [0.5, 0.6) is 5.75 Å². The van der Waals surface area contributed by atoms with E-state index >= 15 is 0 Å². The topological polar surface area (TPSA) is 53.7 Å². The molecule has 1 aromatic carbocycles. The van der Waals surface area contributed by atoms with Crippen LogP contribution in [0.25, 0.3) is 6.08 Å². The molecule has 6 heteroatoms. The van der Waals surface area contributed by atoms with Gasteiger partial charge in [-0.1, -0.05) is 17.7 Å². The highest BCUT2D eigenvalue weighted by atomic mass is 35.5. The van der Waals surface area contributed by atoms with Gasteiger partial charge in [0, 0.05) is 11.6 Å². The van der Waals surface area contributed by atoms with E-state index in [-0.39, 0.29) is 0 Å². The predicted octanol–water partition coefficient (Wildman–Crippen LogP) is 3.32. The molecule has 0 radical (unpaired) electrons. The number of methoxy groups -OCH3 is 1. The van der Waals surface area contributed by atoms with Crippen molar-refractivity contribution < 1.29 is 14.0 Å². The summed E-state index contributed by atoms with van der Waals surface area (Å²) in [6, 6.07) is 5.48. The van der Waals surface area contributed by atoms with Crippen molar-refractivity contribution in [1.29, 1.82) is 0 Å². The second-order valence-corrected chi connectivity index (χ2v) is 6.81. The minimum Gasteiger partial charge on any atom is -0.497 e. The largest absolute Gasteiger partial charge is 0.497 e. The summed E-state index contributed by atoms with van der Waals surface area (Å²) in [7, 11) is 1.15. The zero-order chi connectivity index (χ0) is 16.5. The monoisotopic (exact) mass is 323 g/mol. The van der Waals surface area contributed by atoms with E-state index in [0.29, 0.717) is 11.6 Å². The zero-order valence-electron chi connectivity index (χ0n) is 13.8. The van der Waals surface area contributed by atoms with Gasteiger partial charge >= 0.3 is 7.12 Å². The van der Waals surface area contributed by atoms with Crippen molar-refractivity contribution in [3.63, 3.8) is 0 Å². The van der Waals surface area contributed by atoms with Crippen LogP contribution >= 0.6 is 11.6 Å². The lowest BCUT2D eigenvalue weighted by Crippen LogP contribution is -2.41. The second kappa shape index (κ2) is 6.24. The number of halogens is 1. The molecule has 120 valence electrons. The first-order chi connectivity index (χ1) is 10.2. The fourth-order valence-corrected chi connectivity index (χ4v) is 2.35. The van der Waals surface area contributed by atoms with E-state index in [1.165, 1.54) is 0 Å². The van der Waals surface area contributed by atoms with Crippen molar-refractivity contribution >= 4 is 24.8 Å². The number of hydrogen-bond acceptors (Lipinski definition) is 4. The maximum Gasteiger partial charge on any atom is 0.491 e. The molecule has 1 fully saturated rings. The number of nitrogens with two attached hydrogens (primary N) is 1. The Hall–Kier alpha value is -1.01. The Balaban J connectivity index is 2.33. The SMILES string of the molecule is COc1ccc(Cl)c(C=C(CN)B2OC(C)(C)C(C)(C)O2)c1. The lowest BCUT2D eigenvalue weighted by atomic mass is 9.77. The molecule has 0 bridgehead atoms. The molecule has 0 aromatic heterocycles. The second-order valence-electron chi connectivity index (χ2n) is 6.40. The summed E-state index contributed by atoms with van der Waals surface area (Å²) in [5.74, 6) is 0.737. The molecule has 1 heterocycles. The van der Waals surface area contributed by atoms with Crippen LogP contribution in [-0.2, 0) is 9.31 Å². The van der Waals surface area contributed by atoms with Gasteiger partial charge in [-0.15, -0.1) is 0 Å². The molecular formula is C16H23BClNO3. The van der Waals surface area contributed by atoms with Gasteiger partial charge in [-0.2, -0.15) is 0 Å². The van der Waals surface area contributed by atoms with Gasteiger partial charge in [0.15, 0.2) is 0 Å². The maximum atomic E-state index is 6.25. The highest BCUT2D eigenvalue weighted by molar-refractivity contribution is 6.56. The first-order valence-corrected chi connectivity index (χ1v) is 7.67. The van der Waals surface area contributed by atoms with Gasteiger partial charge in [0.1, 0.15) is 5.75 Å². The highest BCUT2D eigenvalue weighted by Crippen LogP contribution is 2.39. The minimum atomic E-state index is -0.475. The summed E-state index contributed by atoms with van der Waals surface area (Å²) in [6.07, 6.45) is 1.91. The lowest BCUT2D eigenvalue weighted by Gasteiger charge is -2.32. The zero-order valence-corrected chi connectivity index (χ0v) is 14.5. The molecule has 0 unspecified atom stereocenters. The van der Waals surface area contributed by atoms with Crippen molar-refractivity contribution in [3.8, 4) is 5.75 Å². The van der Waals surface area contributed by atoms with Crippen LogP contribution in [0.1, 0.15) is 33.3 Å². The van der Waals surface area contributed by atoms with Gasteiger partial charge in [-0.3, -0.25) is 0 Å². The quantitative estimate of drug-likeness (QED) is 0.864. The number of hydrogen-bond donors (Lipinski definition) is 1. The Morgan fingerprint density at radius 1 is 1.27 bits per heavy atom. The Morgan fingerprint density at radius 2 is 1.86 bits per heavy atom. The predicted molar refractivity (Wildman–Crippen MR) is 91.1 cm³/mol. The van der Waals surface area contributed by atoms with E-state index in [9.17, 15) is 0 Å². The molecule has 0 atom stereocenters. The number of rotatable bonds is 4. The molecule has 0 aliphatic carbocycles. The first-order valence-electron chi connectivity index (χ1n) is 7.30. The fraction of sp³-hybridized carbons (Fsp3) is 0.500. The summed E-state index contributed by atoms with van der Waals surface area (Å²) >= 11 is 6.25. The van der Waals surface area contributed by atoms with E-state index in [1.807, 2.05) is 45.9 Å². The summed E-state index contributed by atoms with van der Waals surface area (Å²) in [5.41, 5.74) is 6.77. The molecule has 4 nitrogen and oxygen atoms in total. The third-order valence-corrected chi connectivity index (χ3v) is 4.68. The van der Waals surface area contributed by atoms with Gasteiger partial charge in [-0.25, -0.2) is 0 Å². The van der Waals surface area contributed by atoms with Crippen LogP contribution in [0.3, 0.4) is 0 Å². The summed E-state index contributed by atoms with van der Waals surface area (Å²) in [5, 5.41) is 0.628. The van der Waals surface area contributed by atoms with E-state index in [2.05, 4.69) is 0 Å². The summed E-state index contributed by atoms with van der Waals surface area (Å²) in [6.45, 7) is 8.38. The van der Waals surface area contributed by atoms with Crippen LogP contribution in [0.2, 0.25) is 5.02 Å². The lowest BCUT2D eigenvalue weighted by molar-refractivity contribution is 0.00578. The molecule has 0 amide bonds. The van der Waals surface area contributed by atoms with Gasteiger partial charge in [-0.05, 0) is 56.9 Å². The molecule has 1 saturated heterocycles. The van der Waals surface area contributed by atoms with Gasteiger partial charge in [0.05, 0.1) is 18.3 Å². The third kappa shape index (κ3) is 3.33. The number of benzene rings is 1. The molecule has 1 aliphatic heterocycles. The smallest absolute Gasteiger partial charge is 0.491 e. The van der Waals surface area contributed by atoms with Crippen LogP contribution in [0.15, 0.2) is 23.7 Å². The summed E-state index contributed by atoms with van der Waals surface area (Å²) < 4.78 is 17.3. The van der Waals surface area contributed by atoms with Crippen LogP contribution in [0.4, 0.5) is 0 Å². The van der Waals surface area contributed by atoms with Crippen LogP contribution in [-0.4, -0.2) is 32.0 Å². The molecule has 2 N–H and O–H groups in total. The van der Waals surface area contributed by atoms with Crippen molar-refractivity contribution in [2.24, 2.45) is 5.73 Å². The molecule has 0 spiro atoms. The molecule has 22 heavy (non-hydrogen) atoms. The standard InChI is InChI=1S/C16H23BClNO3/c1-15(2)16(3,4)22-17(21-15)12(10-19)8-11-9-13(20-5)6-7-14(11)18/h6-9H,10,19H2,1-5H3. The van der Waals surface area contributed by atoms with Gasteiger partial charge < -0.3 is 19.8 Å². The van der Waals surface area contributed by atoms with Gasteiger partial charge in [0.2, 0.25) is 0 Å². The molecule has 1 aromatic rings. The van der Waals surface area contributed by atoms with E-state index in [4.69, 9.17) is 31.4 Å². The Morgan fingerprint density at radius 3 is 2.36 bits per heavy atom. The average Bonchev–Trinajstić information content (AvgIpc) is 2.66. The maximum absolute atomic E-state index is 6.25. The van der Waals surface area contributed by atoms with Crippen molar-refractivity contribution in [3.05, 3.63) is 34.3 Å². The molecule has 0 saturated carbocycles. The van der Waals surface area contributed by atoms with Gasteiger partial charge in [0.25, 0.3) is 0 Å². The first kappa shape index (κ1) is 17.4. The highest BCUT2D eigenvalue weighted by Gasteiger charge is 2.52. The molecule has 1 aliphatic rings. The van der Waals surface area contributed by atoms with Crippen molar-refractivity contribution in [2.75, 3.05) is 13.7 Å². The van der Waals surface area contributed by atoms with E-state index in [1.54, 1.807) is 13.2 Å². The van der Waals surface area contributed by atoms with E-state index in [0.717, 1.165) is 16.8 Å². The van der Waals surface area contributed by atoms with Crippen molar-refractivity contribution in [2.45, 2.75) is 38.9 Å². The molecular weight excluding hydrogens is 300 g/mol. The van der Waals surface area contributed by atoms with Crippen molar-refractivity contribution in [1.82, 2.24) is 0 Å².